The number of ether oxygens (including phenoxy) is 1. The van der Waals surface area contributed by atoms with Crippen LogP contribution in [0.4, 0.5) is 4.79 Å². The lowest BCUT2D eigenvalue weighted by atomic mass is 9.96. The summed E-state index contributed by atoms with van der Waals surface area (Å²) in [6.07, 6.45) is 1.83. The maximum atomic E-state index is 11.7. The predicted molar refractivity (Wildman–Crippen MR) is 122 cm³/mol. The van der Waals surface area contributed by atoms with Crippen LogP contribution in [0.3, 0.4) is 0 Å². The van der Waals surface area contributed by atoms with Gasteiger partial charge in [-0.15, -0.1) is 24.0 Å². The summed E-state index contributed by atoms with van der Waals surface area (Å²) in [5, 5.41) is 20.1. The number of alkyl carbamates (subject to hydrolysis) is 1. The number of amides is 1. The lowest BCUT2D eigenvalue weighted by molar-refractivity contribution is 0.0672. The molecule has 0 aliphatic heterocycles. The predicted octanol–water partition coefficient (Wildman–Crippen LogP) is 2.59. The van der Waals surface area contributed by atoms with Gasteiger partial charge in [0, 0.05) is 13.1 Å². The number of hydrogen-bond donors (Lipinski definition) is 4. The van der Waals surface area contributed by atoms with Crippen LogP contribution < -0.4 is 16.0 Å². The molecule has 0 bridgehead atoms. The molecule has 2 atom stereocenters. The zero-order chi connectivity index (χ0) is 19.7. The first-order chi connectivity index (χ1) is 13.0. The Labute approximate surface area is 184 Å². The highest BCUT2D eigenvalue weighted by Gasteiger charge is 2.32. The number of hydrogen-bond acceptors (Lipinski definition) is 4. The third-order valence-corrected chi connectivity index (χ3v) is 4.54. The molecule has 1 fully saturated rings. The third-order valence-electron chi connectivity index (χ3n) is 4.54. The molecule has 0 spiro atoms. The fourth-order valence-electron chi connectivity index (χ4n) is 2.83. The van der Waals surface area contributed by atoms with Gasteiger partial charge in [0.25, 0.3) is 0 Å². The number of benzene rings is 1. The van der Waals surface area contributed by atoms with Gasteiger partial charge in [-0.3, -0.25) is 0 Å². The second-order valence-electron chi connectivity index (χ2n) is 7.02. The Hall–Kier alpha value is -1.55. The van der Waals surface area contributed by atoms with Crippen LogP contribution in [0.25, 0.3) is 0 Å². The van der Waals surface area contributed by atoms with E-state index in [1.807, 2.05) is 37.3 Å². The molecular weight excluding hydrogens is 471 g/mol. The smallest absolute Gasteiger partial charge is 0.407 e. The number of nitrogens with one attached hydrogen (secondary N) is 3. The van der Waals surface area contributed by atoms with Crippen LogP contribution in [0.1, 0.15) is 39.2 Å². The first kappa shape index (κ1) is 24.5. The molecular formula is C20H33IN4O3. The molecule has 7 nitrogen and oxygen atoms in total. The normalized spacial score (nSPS) is 16.9. The molecule has 1 aliphatic carbocycles. The maximum absolute atomic E-state index is 11.7. The summed E-state index contributed by atoms with van der Waals surface area (Å²) in [7, 11) is 0. The van der Waals surface area contributed by atoms with Crippen molar-refractivity contribution in [2.45, 2.75) is 45.3 Å². The molecule has 0 aromatic heterocycles. The molecule has 1 aromatic rings. The number of carbonyl (C=O) groups is 1. The summed E-state index contributed by atoms with van der Waals surface area (Å²) in [5.41, 5.74) is -0.229. The molecule has 4 N–H and O–H groups in total. The van der Waals surface area contributed by atoms with Crippen molar-refractivity contribution in [2.24, 2.45) is 10.9 Å². The maximum Gasteiger partial charge on any atom is 0.407 e. The van der Waals surface area contributed by atoms with E-state index in [2.05, 4.69) is 20.9 Å². The average molecular weight is 504 g/mol. The number of rotatable bonds is 9. The molecule has 28 heavy (non-hydrogen) atoms. The van der Waals surface area contributed by atoms with Crippen molar-refractivity contribution < 1.29 is 14.6 Å². The Morgan fingerprint density at radius 1 is 1.29 bits per heavy atom. The topological polar surface area (TPSA) is 95.0 Å². The summed E-state index contributed by atoms with van der Waals surface area (Å²) in [5.74, 6) is 1.09. The van der Waals surface area contributed by atoms with Crippen LogP contribution in [0, 0.1) is 5.92 Å². The lowest BCUT2D eigenvalue weighted by Gasteiger charge is -2.23. The van der Waals surface area contributed by atoms with Gasteiger partial charge >= 0.3 is 6.09 Å². The first-order valence-corrected chi connectivity index (χ1v) is 9.69. The summed E-state index contributed by atoms with van der Waals surface area (Å²) < 4.78 is 4.99. The summed E-state index contributed by atoms with van der Waals surface area (Å²) >= 11 is 0. The van der Waals surface area contributed by atoms with Crippen molar-refractivity contribution >= 4 is 36.0 Å². The van der Waals surface area contributed by atoms with Gasteiger partial charge in [-0.05, 0) is 45.1 Å². The number of carbonyl (C=O) groups excluding carboxylic acids is 1. The average Bonchev–Trinajstić information content (AvgIpc) is 3.49. The molecule has 0 heterocycles. The number of aliphatic imine (C=N–C) groups is 1. The Morgan fingerprint density at radius 3 is 2.54 bits per heavy atom. The number of nitrogens with zero attached hydrogens (tertiary/aromatic N) is 1. The molecule has 1 aromatic carbocycles. The van der Waals surface area contributed by atoms with Gasteiger partial charge in [-0.1, -0.05) is 30.3 Å². The van der Waals surface area contributed by atoms with E-state index in [0.29, 0.717) is 31.6 Å². The van der Waals surface area contributed by atoms with Crippen molar-refractivity contribution in [1.82, 2.24) is 16.0 Å². The summed E-state index contributed by atoms with van der Waals surface area (Å²) in [4.78, 5) is 16.3. The van der Waals surface area contributed by atoms with Crippen LogP contribution in [-0.4, -0.2) is 49.4 Å². The fraction of sp³-hybridized carbons (Fsp3) is 0.600. The first-order valence-electron chi connectivity index (χ1n) is 9.69. The minimum Gasteiger partial charge on any atom is -0.450 e. The van der Waals surface area contributed by atoms with Crippen LogP contribution in [0.5, 0.6) is 0 Å². The molecule has 1 aliphatic rings. The molecule has 1 saturated carbocycles. The summed E-state index contributed by atoms with van der Waals surface area (Å²) in [6, 6.07) is 9.51. The number of aliphatic hydroxyl groups is 1. The van der Waals surface area contributed by atoms with E-state index in [1.54, 1.807) is 13.8 Å². The van der Waals surface area contributed by atoms with Crippen molar-refractivity contribution in [3.8, 4) is 0 Å². The molecule has 158 valence electrons. The largest absolute Gasteiger partial charge is 0.450 e. The van der Waals surface area contributed by atoms with Crippen LogP contribution in [0.2, 0.25) is 0 Å². The lowest BCUT2D eigenvalue weighted by Crippen LogP contribution is -2.48. The van der Waals surface area contributed by atoms with Gasteiger partial charge in [-0.25, -0.2) is 9.79 Å². The van der Waals surface area contributed by atoms with Crippen LogP contribution in [0.15, 0.2) is 35.3 Å². The minimum atomic E-state index is -1.05. The highest BCUT2D eigenvalue weighted by molar-refractivity contribution is 14.0. The van der Waals surface area contributed by atoms with Crippen LogP contribution >= 0.6 is 24.0 Å². The molecule has 1 amide bonds. The highest BCUT2D eigenvalue weighted by atomic mass is 127. The SMILES string of the molecule is CCNC(=NCC(C)(O)c1ccccc1)NCC(NC(=O)OCC)C1CC1.I. The van der Waals surface area contributed by atoms with Crippen LogP contribution in [-0.2, 0) is 10.3 Å². The Balaban J connectivity index is 0.00000392. The highest BCUT2D eigenvalue weighted by Crippen LogP contribution is 2.32. The number of guanidine groups is 1. The number of halogens is 1. The van der Waals surface area contributed by atoms with Crippen molar-refractivity contribution in [1.29, 1.82) is 0 Å². The van der Waals surface area contributed by atoms with Crippen molar-refractivity contribution in [3.63, 3.8) is 0 Å². The Kier molecular flexibility index (Phi) is 10.6. The quantitative estimate of drug-likeness (QED) is 0.236. The molecule has 0 radical (unpaired) electrons. The van der Waals surface area contributed by atoms with E-state index in [4.69, 9.17) is 4.74 Å². The van der Waals surface area contributed by atoms with Crippen molar-refractivity contribution in [2.75, 3.05) is 26.2 Å². The van der Waals surface area contributed by atoms with E-state index >= 15 is 0 Å². The van der Waals surface area contributed by atoms with Gasteiger partial charge in [0.2, 0.25) is 0 Å². The van der Waals surface area contributed by atoms with E-state index in [9.17, 15) is 9.90 Å². The standard InChI is InChI=1S/C20H32N4O3.HI/c1-4-21-18(23-14-20(3,26)16-9-7-6-8-10-16)22-13-17(15-11-12-15)24-19(25)27-5-2;/h6-10,15,17,26H,4-5,11-14H2,1-3H3,(H,24,25)(H2,21,22,23);1H. The van der Waals surface area contributed by atoms with Gasteiger partial charge < -0.3 is 25.8 Å². The summed E-state index contributed by atoms with van der Waals surface area (Å²) in [6.45, 7) is 7.38. The van der Waals surface area contributed by atoms with E-state index in [-0.39, 0.29) is 42.7 Å². The fourth-order valence-corrected chi connectivity index (χ4v) is 2.83. The zero-order valence-corrected chi connectivity index (χ0v) is 19.2. The monoisotopic (exact) mass is 504 g/mol. The molecule has 8 heteroatoms. The second-order valence-corrected chi connectivity index (χ2v) is 7.02. The Morgan fingerprint density at radius 2 is 1.96 bits per heavy atom. The molecule has 0 saturated heterocycles. The molecule has 2 rings (SSSR count). The van der Waals surface area contributed by atoms with E-state index in [0.717, 1.165) is 18.4 Å². The van der Waals surface area contributed by atoms with Gasteiger partial charge in [0.15, 0.2) is 5.96 Å². The van der Waals surface area contributed by atoms with Gasteiger partial charge in [-0.2, -0.15) is 0 Å². The Bertz CT molecular complexity index is 621. The van der Waals surface area contributed by atoms with Gasteiger partial charge in [0.05, 0.1) is 19.2 Å². The van der Waals surface area contributed by atoms with E-state index < -0.39 is 5.60 Å². The van der Waals surface area contributed by atoms with Gasteiger partial charge in [0.1, 0.15) is 5.60 Å². The van der Waals surface area contributed by atoms with Crippen molar-refractivity contribution in [3.05, 3.63) is 35.9 Å². The molecule has 2 unspecified atom stereocenters. The third kappa shape index (κ3) is 8.22. The van der Waals surface area contributed by atoms with E-state index in [1.165, 1.54) is 0 Å². The minimum absolute atomic E-state index is 0. The zero-order valence-electron chi connectivity index (χ0n) is 16.9. The second kappa shape index (κ2) is 12.1.